The molecule has 0 saturated heterocycles. The van der Waals surface area contributed by atoms with E-state index < -0.39 is 0 Å². The van der Waals surface area contributed by atoms with E-state index in [1.54, 1.807) is 12.6 Å². The van der Waals surface area contributed by atoms with E-state index in [-0.39, 0.29) is 0 Å². The normalized spacial score (nSPS) is 13.8. The van der Waals surface area contributed by atoms with E-state index in [2.05, 4.69) is 56.2 Å². The molecule has 4 rings (SSSR count). The summed E-state index contributed by atoms with van der Waals surface area (Å²) in [5, 5.41) is 11.7. The minimum absolute atomic E-state index is 0.515. The molecule has 0 radical (unpaired) electrons. The van der Waals surface area contributed by atoms with Crippen LogP contribution in [0.4, 0.5) is 5.69 Å². The zero-order valence-electron chi connectivity index (χ0n) is 15.5. The van der Waals surface area contributed by atoms with Crippen LogP contribution in [0.5, 0.6) is 0 Å². The Labute approximate surface area is 158 Å². The number of nitrogens with zero attached hydrogens (tertiary/aromatic N) is 5. The largest absolute Gasteiger partial charge is 0.467 e. The number of fused-ring (bicyclic) bond motifs is 1. The Bertz CT molecular complexity index is 899. The number of hydrogen-bond donors (Lipinski definition) is 1. The average Bonchev–Trinajstić information content (AvgIpc) is 3.45. The van der Waals surface area contributed by atoms with Crippen LogP contribution in [-0.2, 0) is 25.9 Å². The van der Waals surface area contributed by atoms with Gasteiger partial charge in [0, 0.05) is 31.7 Å². The summed E-state index contributed by atoms with van der Waals surface area (Å²) >= 11 is 0. The van der Waals surface area contributed by atoms with Gasteiger partial charge in [0.25, 0.3) is 0 Å². The lowest BCUT2D eigenvalue weighted by Gasteiger charge is -2.23. The molecule has 3 heterocycles. The highest BCUT2D eigenvalue weighted by Gasteiger charge is 2.22. The van der Waals surface area contributed by atoms with Crippen molar-refractivity contribution in [2.24, 2.45) is 4.99 Å². The average molecular weight is 364 g/mol. The summed E-state index contributed by atoms with van der Waals surface area (Å²) in [7, 11) is 0. The molecule has 0 aliphatic carbocycles. The predicted octanol–water partition coefficient (Wildman–Crippen LogP) is 2.64. The lowest BCUT2D eigenvalue weighted by atomic mass is 10.2. The van der Waals surface area contributed by atoms with Crippen molar-refractivity contribution in [3.8, 4) is 0 Å². The molecule has 0 spiro atoms. The number of hydrogen-bond acceptors (Lipinski definition) is 4. The minimum Gasteiger partial charge on any atom is -0.467 e. The van der Waals surface area contributed by atoms with Crippen molar-refractivity contribution in [2.75, 3.05) is 18.0 Å². The third-order valence-electron chi connectivity index (χ3n) is 4.76. The number of aliphatic imine (C=N–C) groups is 1. The number of aromatic nitrogens is 3. The van der Waals surface area contributed by atoms with E-state index >= 15 is 0 Å². The van der Waals surface area contributed by atoms with Crippen LogP contribution >= 0.6 is 0 Å². The fourth-order valence-electron chi connectivity index (χ4n) is 3.38. The first-order valence-corrected chi connectivity index (χ1v) is 9.38. The lowest BCUT2D eigenvalue weighted by Crippen LogP contribution is -2.42. The fraction of sp³-hybridized carbons (Fsp3) is 0.350. The number of guanidine groups is 1. The zero-order chi connectivity index (χ0) is 18.5. The molecule has 0 amide bonds. The molecule has 0 bridgehead atoms. The number of benzene rings is 1. The van der Waals surface area contributed by atoms with Gasteiger partial charge in [-0.15, -0.1) is 10.2 Å². The van der Waals surface area contributed by atoms with Crippen molar-refractivity contribution in [3.63, 3.8) is 0 Å². The molecule has 7 nitrogen and oxygen atoms in total. The first-order valence-electron chi connectivity index (χ1n) is 9.38. The van der Waals surface area contributed by atoms with Crippen LogP contribution < -0.4 is 10.2 Å². The quantitative estimate of drug-likeness (QED) is 0.538. The SMILES string of the molecule is CCc1nncn1CCNC(=NCc1ccco1)N1CCc2ccccc21. The maximum absolute atomic E-state index is 5.44. The fourth-order valence-corrected chi connectivity index (χ4v) is 3.38. The van der Waals surface area contributed by atoms with Crippen molar-refractivity contribution in [1.29, 1.82) is 0 Å². The molecular formula is C20H24N6O. The maximum atomic E-state index is 5.44. The maximum Gasteiger partial charge on any atom is 0.199 e. The van der Waals surface area contributed by atoms with Gasteiger partial charge in [-0.2, -0.15) is 0 Å². The number of aryl methyl sites for hydroxylation is 1. The molecule has 0 unspecified atom stereocenters. The van der Waals surface area contributed by atoms with Crippen LogP contribution in [0.2, 0.25) is 0 Å². The third-order valence-corrected chi connectivity index (χ3v) is 4.76. The molecule has 0 fully saturated rings. The second-order valence-electron chi connectivity index (χ2n) is 6.47. The van der Waals surface area contributed by atoms with Crippen molar-refractivity contribution < 1.29 is 4.42 Å². The lowest BCUT2D eigenvalue weighted by molar-refractivity contribution is 0.512. The van der Waals surface area contributed by atoms with Gasteiger partial charge >= 0.3 is 0 Å². The van der Waals surface area contributed by atoms with Gasteiger partial charge in [0.1, 0.15) is 24.5 Å². The van der Waals surface area contributed by atoms with E-state index in [9.17, 15) is 0 Å². The summed E-state index contributed by atoms with van der Waals surface area (Å²) in [4.78, 5) is 7.06. The van der Waals surface area contributed by atoms with Crippen molar-refractivity contribution in [2.45, 2.75) is 32.9 Å². The van der Waals surface area contributed by atoms with Crippen LogP contribution in [0.15, 0.2) is 58.4 Å². The summed E-state index contributed by atoms with van der Waals surface area (Å²) in [6.45, 7) is 5.08. The van der Waals surface area contributed by atoms with Crippen LogP contribution in [0, 0.1) is 0 Å². The molecule has 1 aliphatic rings. The second kappa shape index (κ2) is 8.07. The predicted molar refractivity (Wildman–Crippen MR) is 105 cm³/mol. The number of para-hydroxylation sites is 1. The number of furan rings is 1. The molecule has 3 aromatic rings. The highest BCUT2D eigenvalue weighted by molar-refractivity contribution is 5.97. The standard InChI is InChI=1S/C20H24N6O/c1-2-19-24-23-15-25(19)12-10-21-20(22-14-17-7-5-13-27-17)26-11-9-16-6-3-4-8-18(16)26/h3-8,13,15H,2,9-12,14H2,1H3,(H,21,22). The zero-order valence-corrected chi connectivity index (χ0v) is 15.5. The molecule has 1 aliphatic heterocycles. The van der Waals surface area contributed by atoms with Crippen LogP contribution in [0.1, 0.15) is 24.1 Å². The highest BCUT2D eigenvalue weighted by Crippen LogP contribution is 2.27. The Balaban J connectivity index is 1.49. The first-order chi connectivity index (χ1) is 13.3. The van der Waals surface area contributed by atoms with E-state index in [0.29, 0.717) is 6.54 Å². The van der Waals surface area contributed by atoms with Crippen molar-refractivity contribution in [1.82, 2.24) is 20.1 Å². The summed E-state index contributed by atoms with van der Waals surface area (Å²) in [5.74, 6) is 2.73. The molecular weight excluding hydrogens is 340 g/mol. The van der Waals surface area contributed by atoms with Gasteiger partial charge in [-0.3, -0.25) is 0 Å². The van der Waals surface area contributed by atoms with Gasteiger partial charge in [0.15, 0.2) is 5.96 Å². The van der Waals surface area contributed by atoms with Crippen LogP contribution in [-0.4, -0.2) is 33.8 Å². The summed E-state index contributed by atoms with van der Waals surface area (Å²) in [6.07, 6.45) is 5.37. The summed E-state index contributed by atoms with van der Waals surface area (Å²) < 4.78 is 7.51. The van der Waals surface area contributed by atoms with Crippen LogP contribution in [0.25, 0.3) is 0 Å². The van der Waals surface area contributed by atoms with Gasteiger partial charge in [-0.25, -0.2) is 4.99 Å². The number of nitrogens with one attached hydrogen (secondary N) is 1. The molecule has 27 heavy (non-hydrogen) atoms. The molecule has 7 heteroatoms. The minimum atomic E-state index is 0.515. The van der Waals surface area contributed by atoms with Gasteiger partial charge in [0.2, 0.25) is 0 Å². The van der Waals surface area contributed by atoms with Gasteiger partial charge in [-0.05, 0) is 30.2 Å². The van der Waals surface area contributed by atoms with E-state index in [1.165, 1.54) is 11.3 Å². The Kier molecular flexibility index (Phi) is 5.18. The van der Waals surface area contributed by atoms with Gasteiger partial charge in [0.05, 0.1) is 6.26 Å². The van der Waals surface area contributed by atoms with Gasteiger partial charge < -0.3 is 19.2 Å². The Hall–Kier alpha value is -3.09. The summed E-state index contributed by atoms with van der Waals surface area (Å²) in [5.41, 5.74) is 2.58. The molecule has 1 N–H and O–H groups in total. The Morgan fingerprint density at radius 3 is 3.04 bits per heavy atom. The van der Waals surface area contributed by atoms with Gasteiger partial charge in [-0.1, -0.05) is 25.1 Å². The molecule has 0 atom stereocenters. The number of anilines is 1. The van der Waals surface area contributed by atoms with Crippen molar-refractivity contribution in [3.05, 3.63) is 66.1 Å². The molecule has 0 saturated carbocycles. The second-order valence-corrected chi connectivity index (χ2v) is 6.47. The smallest absolute Gasteiger partial charge is 0.199 e. The van der Waals surface area contributed by atoms with Crippen LogP contribution in [0.3, 0.4) is 0 Å². The Morgan fingerprint density at radius 2 is 2.19 bits per heavy atom. The Morgan fingerprint density at radius 1 is 1.26 bits per heavy atom. The van der Waals surface area contributed by atoms with E-state index in [4.69, 9.17) is 9.41 Å². The van der Waals surface area contributed by atoms with E-state index in [0.717, 1.165) is 50.0 Å². The van der Waals surface area contributed by atoms with Crippen molar-refractivity contribution >= 4 is 11.6 Å². The van der Waals surface area contributed by atoms with E-state index in [1.807, 2.05) is 12.1 Å². The molecule has 1 aromatic carbocycles. The summed E-state index contributed by atoms with van der Waals surface area (Å²) in [6, 6.07) is 12.3. The number of rotatable bonds is 6. The molecule has 140 valence electrons. The topological polar surface area (TPSA) is 71.5 Å². The third kappa shape index (κ3) is 3.86. The highest BCUT2D eigenvalue weighted by atomic mass is 16.3. The monoisotopic (exact) mass is 364 g/mol. The molecule has 2 aromatic heterocycles. The first kappa shape index (κ1) is 17.3.